The van der Waals surface area contributed by atoms with Gasteiger partial charge in [0.15, 0.2) is 0 Å². The van der Waals surface area contributed by atoms with E-state index in [0.29, 0.717) is 0 Å². The minimum Gasteiger partial charge on any atom is -0.336 e. The molecule has 4 rings (SSSR count). The monoisotopic (exact) mass is 388 g/mol. The van der Waals surface area contributed by atoms with Gasteiger partial charge in [0, 0.05) is 32.7 Å². The summed E-state index contributed by atoms with van der Waals surface area (Å²) in [5.74, 6) is 0.0951. The van der Waals surface area contributed by atoms with Gasteiger partial charge in [-0.05, 0) is 44.0 Å². The standard InChI is InChI=1S/C24H28N4O/c1-18-9-7-8-10-21(18)17-26-13-15-27(16-14-26)24(29)23-19(2)25-28(20(23)3)22-11-5-4-6-12-22/h4-12H,13-17H2,1-3H3. The fourth-order valence-electron chi connectivity index (χ4n) is 4.07. The van der Waals surface area contributed by atoms with Crippen LogP contribution in [0.1, 0.15) is 32.9 Å². The summed E-state index contributed by atoms with van der Waals surface area (Å²) in [5, 5.41) is 4.64. The first-order valence-corrected chi connectivity index (χ1v) is 10.2. The summed E-state index contributed by atoms with van der Waals surface area (Å²) in [6.45, 7) is 10.3. The number of nitrogens with zero attached hydrogens (tertiary/aromatic N) is 4. The predicted octanol–water partition coefficient (Wildman–Crippen LogP) is 3.76. The molecule has 0 saturated carbocycles. The Bertz CT molecular complexity index is 1000. The smallest absolute Gasteiger partial charge is 0.257 e. The Morgan fingerprint density at radius 3 is 2.24 bits per heavy atom. The van der Waals surface area contributed by atoms with Crippen LogP contribution in [0, 0.1) is 20.8 Å². The number of carbonyl (C=O) groups excluding carboxylic acids is 1. The molecule has 0 N–H and O–H groups in total. The second kappa shape index (κ2) is 8.21. The molecule has 0 spiro atoms. The fraction of sp³-hybridized carbons (Fsp3) is 0.333. The maximum Gasteiger partial charge on any atom is 0.257 e. The molecule has 0 bridgehead atoms. The molecule has 0 unspecified atom stereocenters. The summed E-state index contributed by atoms with van der Waals surface area (Å²) in [4.78, 5) is 17.7. The van der Waals surface area contributed by atoms with E-state index in [1.54, 1.807) is 0 Å². The number of piperazine rings is 1. The van der Waals surface area contributed by atoms with Crippen molar-refractivity contribution in [1.29, 1.82) is 0 Å². The number of aryl methyl sites for hydroxylation is 2. The fourth-order valence-corrected chi connectivity index (χ4v) is 4.07. The molecule has 1 fully saturated rings. The Morgan fingerprint density at radius 1 is 0.897 bits per heavy atom. The number of rotatable bonds is 4. The van der Waals surface area contributed by atoms with Crippen molar-refractivity contribution in [2.45, 2.75) is 27.3 Å². The summed E-state index contributed by atoms with van der Waals surface area (Å²) in [6, 6.07) is 18.5. The van der Waals surface area contributed by atoms with E-state index in [1.165, 1.54) is 11.1 Å². The summed E-state index contributed by atoms with van der Waals surface area (Å²) in [5.41, 5.74) is 6.10. The number of amides is 1. The second-order valence-corrected chi connectivity index (χ2v) is 7.79. The third-order valence-corrected chi connectivity index (χ3v) is 5.82. The molecule has 5 nitrogen and oxygen atoms in total. The van der Waals surface area contributed by atoms with Gasteiger partial charge in [0.05, 0.1) is 22.6 Å². The van der Waals surface area contributed by atoms with E-state index in [2.05, 4.69) is 41.2 Å². The third-order valence-electron chi connectivity index (χ3n) is 5.82. The van der Waals surface area contributed by atoms with E-state index in [4.69, 9.17) is 0 Å². The van der Waals surface area contributed by atoms with Crippen LogP contribution in [-0.4, -0.2) is 51.7 Å². The summed E-state index contributed by atoms with van der Waals surface area (Å²) in [7, 11) is 0. The first kappa shape index (κ1) is 19.4. The van der Waals surface area contributed by atoms with Gasteiger partial charge in [-0.2, -0.15) is 5.10 Å². The molecule has 1 amide bonds. The van der Waals surface area contributed by atoms with Crippen molar-refractivity contribution >= 4 is 5.91 Å². The van der Waals surface area contributed by atoms with E-state index in [-0.39, 0.29) is 5.91 Å². The highest BCUT2D eigenvalue weighted by Crippen LogP contribution is 2.21. The second-order valence-electron chi connectivity index (χ2n) is 7.79. The molecule has 29 heavy (non-hydrogen) atoms. The van der Waals surface area contributed by atoms with Gasteiger partial charge in [0.2, 0.25) is 0 Å². The molecule has 2 aromatic carbocycles. The zero-order chi connectivity index (χ0) is 20.4. The van der Waals surface area contributed by atoms with Crippen LogP contribution in [0.3, 0.4) is 0 Å². The van der Waals surface area contributed by atoms with Crippen LogP contribution in [0.4, 0.5) is 0 Å². The van der Waals surface area contributed by atoms with Crippen LogP contribution in [0.25, 0.3) is 5.69 Å². The van der Waals surface area contributed by atoms with Crippen molar-refractivity contribution in [3.05, 3.63) is 82.7 Å². The molecule has 150 valence electrons. The van der Waals surface area contributed by atoms with E-state index in [0.717, 1.165) is 55.4 Å². The van der Waals surface area contributed by atoms with Gasteiger partial charge in [-0.25, -0.2) is 4.68 Å². The van der Waals surface area contributed by atoms with Crippen LogP contribution in [-0.2, 0) is 6.54 Å². The Hall–Kier alpha value is -2.92. The minimum absolute atomic E-state index is 0.0951. The third kappa shape index (κ3) is 3.96. The molecular formula is C24H28N4O. The van der Waals surface area contributed by atoms with Gasteiger partial charge < -0.3 is 4.90 Å². The van der Waals surface area contributed by atoms with Gasteiger partial charge in [-0.15, -0.1) is 0 Å². The van der Waals surface area contributed by atoms with Gasteiger partial charge >= 0.3 is 0 Å². The molecule has 0 atom stereocenters. The molecule has 0 aliphatic carbocycles. The summed E-state index contributed by atoms with van der Waals surface area (Å²) in [6.07, 6.45) is 0. The van der Waals surface area contributed by atoms with Crippen LogP contribution in [0.15, 0.2) is 54.6 Å². The largest absolute Gasteiger partial charge is 0.336 e. The predicted molar refractivity (Wildman–Crippen MR) is 115 cm³/mol. The minimum atomic E-state index is 0.0951. The van der Waals surface area contributed by atoms with Crippen LogP contribution >= 0.6 is 0 Å². The Balaban J connectivity index is 1.45. The molecule has 1 aliphatic rings. The van der Waals surface area contributed by atoms with Crippen molar-refractivity contribution in [2.24, 2.45) is 0 Å². The van der Waals surface area contributed by atoms with E-state index in [1.807, 2.05) is 53.8 Å². The molecule has 0 radical (unpaired) electrons. The molecular weight excluding hydrogens is 360 g/mol. The number of aromatic nitrogens is 2. The average molecular weight is 389 g/mol. The molecule has 3 aromatic rings. The quantitative estimate of drug-likeness (QED) is 0.683. The number of hydrogen-bond donors (Lipinski definition) is 0. The van der Waals surface area contributed by atoms with Crippen molar-refractivity contribution in [1.82, 2.24) is 19.6 Å². The maximum absolute atomic E-state index is 13.3. The van der Waals surface area contributed by atoms with Crippen LogP contribution < -0.4 is 0 Å². The Kier molecular flexibility index (Phi) is 5.49. The Morgan fingerprint density at radius 2 is 1.55 bits per heavy atom. The molecule has 1 aliphatic heterocycles. The lowest BCUT2D eigenvalue weighted by Crippen LogP contribution is -2.48. The normalized spacial score (nSPS) is 14.9. The van der Waals surface area contributed by atoms with Crippen LogP contribution in [0.5, 0.6) is 0 Å². The number of carbonyl (C=O) groups is 1. The van der Waals surface area contributed by atoms with Crippen molar-refractivity contribution in [3.8, 4) is 5.69 Å². The SMILES string of the molecule is Cc1ccccc1CN1CCN(C(=O)c2c(C)nn(-c3ccccc3)c2C)CC1. The Labute approximate surface area is 172 Å². The van der Waals surface area contributed by atoms with E-state index < -0.39 is 0 Å². The highest BCUT2D eigenvalue weighted by atomic mass is 16.2. The summed E-state index contributed by atoms with van der Waals surface area (Å²) < 4.78 is 1.87. The van der Waals surface area contributed by atoms with E-state index in [9.17, 15) is 4.79 Å². The maximum atomic E-state index is 13.3. The van der Waals surface area contributed by atoms with Crippen molar-refractivity contribution in [3.63, 3.8) is 0 Å². The first-order chi connectivity index (χ1) is 14.0. The molecule has 1 saturated heterocycles. The topological polar surface area (TPSA) is 41.4 Å². The number of para-hydroxylation sites is 1. The van der Waals surface area contributed by atoms with Crippen molar-refractivity contribution in [2.75, 3.05) is 26.2 Å². The molecule has 2 heterocycles. The number of hydrogen-bond acceptors (Lipinski definition) is 3. The zero-order valence-electron chi connectivity index (χ0n) is 17.4. The number of benzene rings is 2. The van der Waals surface area contributed by atoms with Gasteiger partial charge in [-0.1, -0.05) is 42.5 Å². The van der Waals surface area contributed by atoms with Gasteiger partial charge in [0.1, 0.15) is 0 Å². The lowest BCUT2D eigenvalue weighted by molar-refractivity contribution is 0.0626. The van der Waals surface area contributed by atoms with E-state index >= 15 is 0 Å². The highest BCUT2D eigenvalue weighted by molar-refractivity contribution is 5.96. The van der Waals surface area contributed by atoms with Gasteiger partial charge in [0.25, 0.3) is 5.91 Å². The first-order valence-electron chi connectivity index (χ1n) is 10.2. The van der Waals surface area contributed by atoms with Crippen LogP contribution in [0.2, 0.25) is 0 Å². The molecule has 1 aromatic heterocycles. The summed E-state index contributed by atoms with van der Waals surface area (Å²) >= 11 is 0. The highest BCUT2D eigenvalue weighted by Gasteiger charge is 2.27. The lowest BCUT2D eigenvalue weighted by Gasteiger charge is -2.35. The lowest BCUT2D eigenvalue weighted by atomic mass is 10.1. The van der Waals surface area contributed by atoms with Crippen molar-refractivity contribution < 1.29 is 4.79 Å². The average Bonchev–Trinajstić information content (AvgIpc) is 3.04. The zero-order valence-corrected chi connectivity index (χ0v) is 17.4. The van der Waals surface area contributed by atoms with Gasteiger partial charge in [-0.3, -0.25) is 9.69 Å². The molecule has 5 heteroatoms.